The zero-order valence-corrected chi connectivity index (χ0v) is 27.6. The largest absolute Gasteiger partial charge is 0.279 e. The second kappa shape index (κ2) is 9.52. The minimum absolute atomic E-state index is 0.00250. The van der Waals surface area contributed by atoms with Gasteiger partial charge in [0, 0.05) is 48.8 Å². The van der Waals surface area contributed by atoms with E-state index in [-0.39, 0.29) is 5.92 Å². The van der Waals surface area contributed by atoms with Crippen LogP contribution in [0.2, 0.25) is 0 Å². The summed E-state index contributed by atoms with van der Waals surface area (Å²) in [7, 11) is 0. The highest BCUT2D eigenvalue weighted by molar-refractivity contribution is 6.39. The molecule has 2 unspecified atom stereocenters. The number of imidazole rings is 2. The molecule has 0 fully saturated rings. The Morgan fingerprint density at radius 3 is 1.96 bits per heavy atom. The van der Waals surface area contributed by atoms with E-state index in [0.29, 0.717) is 0 Å². The van der Waals surface area contributed by atoms with E-state index in [9.17, 15) is 0 Å². The van der Waals surface area contributed by atoms with Gasteiger partial charge in [-0.15, -0.1) is 0 Å². The lowest BCUT2D eigenvalue weighted by Crippen LogP contribution is -2.39. The van der Waals surface area contributed by atoms with Crippen LogP contribution in [0.4, 0.5) is 0 Å². The van der Waals surface area contributed by atoms with Crippen LogP contribution in [0.15, 0.2) is 151 Å². The van der Waals surface area contributed by atoms with Crippen LogP contribution < -0.4 is 0 Å². The molecule has 2 aliphatic rings. The topological polar surface area (TPSA) is 60.4 Å². The zero-order chi connectivity index (χ0) is 33.4. The molecule has 6 nitrogen and oxygen atoms in total. The van der Waals surface area contributed by atoms with Crippen molar-refractivity contribution in [2.24, 2.45) is 4.99 Å². The van der Waals surface area contributed by atoms with Crippen LogP contribution in [0, 0.1) is 0 Å². The molecule has 0 N–H and O–H groups in total. The Balaban J connectivity index is 1.31. The molecule has 0 saturated heterocycles. The SMILES string of the molecule is CC12C=CC=CC1c1nc3c4cccc5c4c4c(cccc4c3n1C(c1ccccc1)=N2)c1nc2c3ccccc3nc(-c3ccccc3)n2c51. The van der Waals surface area contributed by atoms with Crippen LogP contribution in [-0.4, -0.2) is 35.3 Å². The molecule has 7 aromatic carbocycles. The molecule has 0 radical (unpaired) electrons. The van der Waals surface area contributed by atoms with Crippen molar-refractivity contribution in [3.8, 4) is 11.4 Å². The Morgan fingerprint density at radius 2 is 1.20 bits per heavy atom. The molecule has 238 valence electrons. The second-order valence-electron chi connectivity index (χ2n) is 14.0. The summed E-state index contributed by atoms with van der Waals surface area (Å²) in [5.41, 5.74) is 7.62. The highest BCUT2D eigenvalue weighted by Gasteiger charge is 2.42. The first-order valence-electron chi connectivity index (χ1n) is 17.5. The highest BCUT2D eigenvalue weighted by Crippen LogP contribution is 2.48. The predicted molar refractivity (Wildman–Crippen MR) is 208 cm³/mol. The number of fused-ring (bicyclic) bond motifs is 14. The van der Waals surface area contributed by atoms with E-state index in [0.717, 1.165) is 88.8 Å². The van der Waals surface area contributed by atoms with E-state index in [1.165, 1.54) is 10.8 Å². The van der Waals surface area contributed by atoms with Crippen molar-refractivity contribution < 1.29 is 0 Å². The van der Waals surface area contributed by atoms with Crippen molar-refractivity contribution in [3.63, 3.8) is 0 Å². The third kappa shape index (κ3) is 3.41. The van der Waals surface area contributed by atoms with Crippen LogP contribution in [0.3, 0.4) is 0 Å². The number of para-hydroxylation sites is 1. The van der Waals surface area contributed by atoms with Crippen molar-refractivity contribution in [1.29, 1.82) is 0 Å². The lowest BCUT2D eigenvalue weighted by atomic mass is 9.80. The first-order valence-corrected chi connectivity index (χ1v) is 17.5. The van der Waals surface area contributed by atoms with E-state index in [4.69, 9.17) is 19.9 Å². The molecule has 10 aromatic rings. The smallest absolute Gasteiger partial charge is 0.149 e. The van der Waals surface area contributed by atoms with Gasteiger partial charge in [0.1, 0.15) is 23.1 Å². The van der Waals surface area contributed by atoms with E-state index < -0.39 is 5.54 Å². The molecule has 1 aliphatic carbocycles. The van der Waals surface area contributed by atoms with Crippen molar-refractivity contribution >= 4 is 76.8 Å². The van der Waals surface area contributed by atoms with Crippen molar-refractivity contribution in [3.05, 3.63) is 157 Å². The van der Waals surface area contributed by atoms with Crippen LogP contribution in [0.1, 0.15) is 24.2 Å². The third-order valence-electron chi connectivity index (χ3n) is 11.1. The summed E-state index contributed by atoms with van der Waals surface area (Å²) in [6.07, 6.45) is 8.72. The highest BCUT2D eigenvalue weighted by atomic mass is 15.2. The first-order chi connectivity index (χ1) is 25.2. The minimum Gasteiger partial charge on any atom is -0.279 e. The van der Waals surface area contributed by atoms with Crippen molar-refractivity contribution in [2.75, 3.05) is 0 Å². The number of hydrogen-bond donors (Lipinski definition) is 0. The summed E-state index contributed by atoms with van der Waals surface area (Å²) in [5, 5.41) is 7.97. The second-order valence-corrected chi connectivity index (χ2v) is 14.0. The van der Waals surface area contributed by atoms with Gasteiger partial charge in [-0.1, -0.05) is 133 Å². The number of hydrogen-bond acceptors (Lipinski definition) is 4. The van der Waals surface area contributed by atoms with Gasteiger partial charge in [-0.3, -0.25) is 14.0 Å². The van der Waals surface area contributed by atoms with Gasteiger partial charge in [-0.05, 0) is 19.1 Å². The summed E-state index contributed by atoms with van der Waals surface area (Å²) >= 11 is 0. The minimum atomic E-state index is -0.446. The van der Waals surface area contributed by atoms with E-state index in [1.54, 1.807) is 0 Å². The average molecular weight is 653 g/mol. The molecule has 0 bridgehead atoms. The summed E-state index contributed by atoms with van der Waals surface area (Å²) < 4.78 is 4.63. The fraction of sp³-hybridized carbons (Fsp3) is 0.0667. The number of allylic oxidation sites excluding steroid dienone is 2. The molecule has 0 saturated carbocycles. The molecule has 6 heteroatoms. The van der Waals surface area contributed by atoms with Gasteiger partial charge in [-0.25, -0.2) is 15.0 Å². The molecule has 1 aliphatic heterocycles. The molecule has 12 rings (SSSR count). The van der Waals surface area contributed by atoms with Gasteiger partial charge < -0.3 is 0 Å². The van der Waals surface area contributed by atoms with E-state index in [1.807, 2.05) is 6.07 Å². The Labute approximate surface area is 291 Å². The van der Waals surface area contributed by atoms with Crippen LogP contribution in [0.5, 0.6) is 0 Å². The Bertz CT molecular complexity index is 3200. The predicted octanol–water partition coefficient (Wildman–Crippen LogP) is 10.2. The molecular formula is C45H28N6. The zero-order valence-electron chi connectivity index (χ0n) is 27.6. The van der Waals surface area contributed by atoms with Crippen LogP contribution in [-0.2, 0) is 0 Å². The number of benzene rings is 7. The fourth-order valence-corrected chi connectivity index (χ4v) is 8.92. The maximum Gasteiger partial charge on any atom is 0.149 e. The Hall–Kier alpha value is -6.66. The molecule has 0 spiro atoms. The summed E-state index contributed by atoms with van der Waals surface area (Å²) in [5.74, 6) is 2.81. The molecule has 0 amide bonds. The molecule has 2 atom stereocenters. The number of nitrogens with zero attached hydrogens (tertiary/aromatic N) is 6. The lowest BCUT2D eigenvalue weighted by molar-refractivity contribution is 0.484. The quantitative estimate of drug-likeness (QED) is 0.175. The third-order valence-corrected chi connectivity index (χ3v) is 11.1. The van der Waals surface area contributed by atoms with Crippen molar-refractivity contribution in [1.82, 2.24) is 23.9 Å². The number of rotatable bonds is 2. The Morgan fingerprint density at radius 1 is 0.569 bits per heavy atom. The first kappa shape index (κ1) is 27.2. The van der Waals surface area contributed by atoms with E-state index >= 15 is 0 Å². The maximum atomic E-state index is 5.61. The molecule has 4 heterocycles. The van der Waals surface area contributed by atoms with Gasteiger partial charge in [0.25, 0.3) is 0 Å². The maximum absolute atomic E-state index is 5.61. The van der Waals surface area contributed by atoms with Crippen molar-refractivity contribution in [2.45, 2.75) is 18.4 Å². The van der Waals surface area contributed by atoms with Crippen LogP contribution in [0.25, 0.3) is 82.3 Å². The Kier molecular flexibility index (Phi) is 5.08. The average Bonchev–Trinajstić information content (AvgIpc) is 3.79. The summed E-state index contributed by atoms with van der Waals surface area (Å²) in [4.78, 5) is 21.9. The standard InChI is InChI=1S/C45H28N6/c1-45-25-11-10-23-33(45)44-48-38-30-20-13-21-31-36(30)35-29(19-12-22-32(35)40(38)51(44)42(49-45)27-16-6-3-7-17-27)37-39(31)50-41(26-14-4-2-5-15-26)46-34-24-9-8-18-28(34)43(50)47-37/h2-25,33H,1H3. The van der Waals surface area contributed by atoms with Gasteiger partial charge in [0.05, 0.1) is 39.0 Å². The number of aromatic nitrogens is 5. The van der Waals surface area contributed by atoms with Gasteiger partial charge in [-0.2, -0.15) is 0 Å². The van der Waals surface area contributed by atoms with Crippen LogP contribution >= 0.6 is 0 Å². The fourth-order valence-electron chi connectivity index (χ4n) is 8.92. The monoisotopic (exact) mass is 652 g/mol. The van der Waals surface area contributed by atoms with E-state index in [2.05, 4.69) is 155 Å². The summed E-state index contributed by atoms with van der Waals surface area (Å²) in [6.45, 7) is 2.22. The van der Waals surface area contributed by atoms with Gasteiger partial charge in [0.15, 0.2) is 0 Å². The molecule has 3 aromatic heterocycles. The lowest BCUT2D eigenvalue weighted by Gasteiger charge is -2.36. The molecule has 51 heavy (non-hydrogen) atoms. The van der Waals surface area contributed by atoms with Gasteiger partial charge in [0.2, 0.25) is 0 Å². The van der Waals surface area contributed by atoms with Gasteiger partial charge >= 0.3 is 0 Å². The molecular weight excluding hydrogens is 625 g/mol. The normalized spacial score (nSPS) is 18.5. The summed E-state index contributed by atoms with van der Waals surface area (Å²) in [6, 6.07) is 42.7. The number of aliphatic imine (C=N–C) groups is 1.